The smallest absolute Gasteiger partial charge is 0.678 e. The van der Waals surface area contributed by atoms with Crippen molar-refractivity contribution in [1.82, 2.24) is 15.0 Å². The standard InChI is InChI=1S/C52H67N4O6.Mg/c1-11-16-29(4)17-14-18-30(5)19-15-20-31(6)23-24-62-45(58)22-21-37-33(8)40-25-39-32(7)35(12-2)42(53-39)27-44-38(28-57)36(13-3)43(54-44)26-41-34(9)46-50(56-41)47(49(37)55-40)48(51(46)59)52(60)61-10;/h23,25-30,37,48-49H,11-22,24H2,1-10H3,(H-,53,54,57,59);/q-3;+2/p-1/b31-23+,39-25-;/t29-,30-,37+,48-,49?;/m1./s1. The van der Waals surface area contributed by atoms with E-state index in [-0.39, 0.29) is 53.8 Å². The number of allylic oxidation sites excluding steroid dienone is 2. The first kappa shape index (κ1) is 49.7. The second kappa shape index (κ2) is 22.0. The van der Waals surface area contributed by atoms with Gasteiger partial charge < -0.3 is 29.7 Å². The Morgan fingerprint density at radius 2 is 1.49 bits per heavy atom. The van der Waals surface area contributed by atoms with Crippen molar-refractivity contribution >= 4 is 70.9 Å². The van der Waals surface area contributed by atoms with Crippen LogP contribution in [0.3, 0.4) is 0 Å². The Bertz CT molecular complexity index is 2510. The molecule has 334 valence electrons. The van der Waals surface area contributed by atoms with Gasteiger partial charge in [-0.1, -0.05) is 136 Å². The van der Waals surface area contributed by atoms with Crippen LogP contribution in [-0.4, -0.2) is 66.8 Å². The van der Waals surface area contributed by atoms with Crippen LogP contribution in [0.5, 0.6) is 0 Å². The summed E-state index contributed by atoms with van der Waals surface area (Å²) >= 11 is 0. The van der Waals surface area contributed by atoms with Gasteiger partial charge in [0.25, 0.3) is 0 Å². The van der Waals surface area contributed by atoms with Crippen LogP contribution < -0.4 is 36.3 Å². The zero-order chi connectivity index (χ0) is 44.8. The van der Waals surface area contributed by atoms with E-state index >= 15 is 0 Å². The zero-order valence-corrected chi connectivity index (χ0v) is 40.8. The third-order valence-corrected chi connectivity index (χ3v) is 13.7. The van der Waals surface area contributed by atoms with Crippen molar-refractivity contribution in [3.05, 3.63) is 94.4 Å². The molecule has 1 unspecified atom stereocenters. The van der Waals surface area contributed by atoms with Crippen LogP contribution in [0.25, 0.3) is 29.1 Å². The van der Waals surface area contributed by atoms with Crippen LogP contribution in [0.2, 0.25) is 0 Å². The molecule has 0 saturated carbocycles. The average Bonchev–Trinajstić information content (AvgIpc) is 4.00. The summed E-state index contributed by atoms with van der Waals surface area (Å²) in [6.07, 6.45) is 20.1. The Morgan fingerprint density at radius 1 is 0.825 bits per heavy atom. The summed E-state index contributed by atoms with van der Waals surface area (Å²) in [7, 11) is 1.28. The predicted octanol–water partition coefficient (Wildman–Crippen LogP) is 6.65. The van der Waals surface area contributed by atoms with E-state index in [1.807, 2.05) is 52.0 Å². The van der Waals surface area contributed by atoms with Gasteiger partial charge in [-0.05, 0) is 83.6 Å². The molecule has 0 fully saturated rings. The van der Waals surface area contributed by atoms with E-state index in [2.05, 4.69) is 34.6 Å². The number of ether oxygens (including phenoxy) is 2. The number of methoxy groups -OCH3 is 1. The number of nitrogens with zero attached hydrogens (tertiary/aromatic N) is 4. The predicted molar refractivity (Wildman–Crippen MR) is 250 cm³/mol. The molecular weight excluding hydrogens is 801 g/mol. The van der Waals surface area contributed by atoms with Gasteiger partial charge in [0.15, 0.2) is 5.78 Å². The summed E-state index contributed by atoms with van der Waals surface area (Å²) in [5.41, 5.74) is 8.72. The Kier molecular flexibility index (Phi) is 17.4. The monoisotopic (exact) mass is 866 g/mol. The van der Waals surface area contributed by atoms with Gasteiger partial charge >= 0.3 is 35.0 Å². The molecular formula is C52H66MgN4O6-2. The topological polar surface area (TPSA) is 143 Å². The Labute approximate surface area is 389 Å². The van der Waals surface area contributed by atoms with Crippen molar-refractivity contribution in [3.8, 4) is 0 Å². The number of ketones is 1. The van der Waals surface area contributed by atoms with Crippen molar-refractivity contribution in [2.45, 2.75) is 145 Å². The minimum absolute atomic E-state index is 0. The number of carbonyl (C=O) groups excluding carboxylic acids is 4. The first-order chi connectivity index (χ1) is 29.8. The summed E-state index contributed by atoms with van der Waals surface area (Å²) < 4.78 is 11.0. The molecule has 0 N–H and O–H groups in total. The minimum atomic E-state index is -1.23. The average molecular weight is 867 g/mol. The molecule has 3 aromatic heterocycles. The fraction of sp³-hybridized carbons (Fsp3) is 0.538. The molecule has 2 aliphatic heterocycles. The second-order valence-corrected chi connectivity index (χ2v) is 18.0. The Balaban J connectivity index is 0.00000748. The van der Waals surface area contributed by atoms with Gasteiger partial charge in [-0.3, -0.25) is 19.2 Å². The molecule has 63 heavy (non-hydrogen) atoms. The van der Waals surface area contributed by atoms with E-state index in [1.165, 1.54) is 51.2 Å². The molecule has 5 heterocycles. The number of Topliss-reactive ketones (excluding diaryl/α,β-unsaturated/α-hetero) is 1. The molecule has 10 nitrogen and oxygen atoms in total. The van der Waals surface area contributed by atoms with E-state index in [0.29, 0.717) is 75.2 Å². The number of esters is 2. The molecule has 8 bridgehead atoms. The van der Waals surface area contributed by atoms with Crippen molar-refractivity contribution in [1.29, 1.82) is 0 Å². The van der Waals surface area contributed by atoms with Crippen molar-refractivity contribution in [2.75, 3.05) is 13.7 Å². The molecule has 0 saturated heterocycles. The molecule has 3 aliphatic rings. The molecule has 11 heteroatoms. The number of fused-ring (bicyclic) bond motifs is 8. The number of aromatic nitrogens is 3. The second-order valence-electron chi connectivity index (χ2n) is 18.0. The van der Waals surface area contributed by atoms with Gasteiger partial charge in [0.1, 0.15) is 18.8 Å². The third kappa shape index (κ3) is 10.6. The number of rotatable bonds is 19. The molecule has 0 radical (unpaired) electrons. The van der Waals surface area contributed by atoms with E-state index in [1.54, 1.807) is 0 Å². The molecule has 0 spiro atoms. The molecule has 3 aromatic rings. The number of hydrogen-bond donors (Lipinski definition) is 0. The maximum atomic E-state index is 14.4. The summed E-state index contributed by atoms with van der Waals surface area (Å²) in [5.74, 6) is -1.41. The first-order valence-corrected chi connectivity index (χ1v) is 23.0. The fourth-order valence-electron chi connectivity index (χ4n) is 9.94. The van der Waals surface area contributed by atoms with Gasteiger partial charge in [0, 0.05) is 17.5 Å². The van der Waals surface area contributed by atoms with Crippen molar-refractivity contribution < 1.29 is 28.7 Å². The minimum Gasteiger partial charge on any atom is -0.678 e. The van der Waals surface area contributed by atoms with E-state index in [0.717, 1.165) is 58.0 Å². The van der Waals surface area contributed by atoms with Gasteiger partial charge in [-0.15, -0.1) is 38.5 Å². The quantitative estimate of drug-likeness (QED) is 0.0426. The van der Waals surface area contributed by atoms with Crippen LogP contribution in [0.4, 0.5) is 0 Å². The summed E-state index contributed by atoms with van der Waals surface area (Å²) in [6, 6.07) is -0.675. The van der Waals surface area contributed by atoms with E-state index < -0.39 is 17.9 Å². The Morgan fingerprint density at radius 3 is 2.16 bits per heavy atom. The van der Waals surface area contributed by atoms with E-state index in [4.69, 9.17) is 29.7 Å². The van der Waals surface area contributed by atoms with Crippen LogP contribution in [0.15, 0.2) is 22.9 Å². The number of carbonyl (C=O) groups is 4. The van der Waals surface area contributed by atoms with Crippen molar-refractivity contribution in [3.63, 3.8) is 0 Å². The SMILES string of the molecule is CCC[C@@H](C)CCC[C@@H](C)CCC/C(C)=C/COC(=O)CC[C@H]1C(C)=C2/C=c3\[n-]/c(c(CC)c3C)=C\c3[n-]c(c(CC)c3C=O)/C=c3\[n-]c4c(c3C)C(=O)[C@H](C(=O)OC)C=4C1[N-]2.[Mg+2]. The van der Waals surface area contributed by atoms with E-state index in [9.17, 15) is 19.2 Å². The summed E-state index contributed by atoms with van der Waals surface area (Å²) in [4.78, 5) is 68.9. The number of aldehydes is 1. The molecule has 6 rings (SSSR count). The van der Waals surface area contributed by atoms with Crippen LogP contribution >= 0.6 is 0 Å². The molecule has 0 amide bonds. The molecule has 0 aromatic carbocycles. The summed E-state index contributed by atoms with van der Waals surface area (Å²) in [6.45, 7) is 19.2. The van der Waals surface area contributed by atoms with Crippen LogP contribution in [-0.2, 0) is 31.9 Å². The van der Waals surface area contributed by atoms with Crippen LogP contribution in [0, 0.1) is 37.5 Å². The van der Waals surface area contributed by atoms with Gasteiger partial charge in [-0.25, -0.2) is 0 Å². The van der Waals surface area contributed by atoms with Gasteiger partial charge in [-0.2, -0.15) is 0 Å². The fourth-order valence-corrected chi connectivity index (χ4v) is 9.94. The van der Waals surface area contributed by atoms with Gasteiger partial charge in [0.05, 0.1) is 7.11 Å². The van der Waals surface area contributed by atoms with Gasteiger partial charge in [0.2, 0.25) is 0 Å². The molecule has 1 aliphatic carbocycles. The number of hydrogen-bond acceptors (Lipinski definition) is 6. The normalized spacial score (nSPS) is 20.4. The Hall–Kier alpha value is -4.35. The van der Waals surface area contributed by atoms with Crippen LogP contribution in [0.1, 0.15) is 167 Å². The van der Waals surface area contributed by atoms with Crippen molar-refractivity contribution in [2.24, 2.45) is 23.7 Å². The first-order valence-electron chi connectivity index (χ1n) is 23.0. The molecule has 5 atom stereocenters. The maximum Gasteiger partial charge on any atom is 2.00 e. The summed E-state index contributed by atoms with van der Waals surface area (Å²) in [5, 5.41) is 7.69. The third-order valence-electron chi connectivity index (χ3n) is 13.7. The zero-order valence-electron chi connectivity index (χ0n) is 39.4. The maximum absolute atomic E-state index is 14.4. The largest absolute Gasteiger partial charge is 2.00 e.